The van der Waals surface area contributed by atoms with E-state index in [1.807, 2.05) is 19.2 Å². The number of carbonyl (C=O) groups is 1. The molecule has 35 heavy (non-hydrogen) atoms. The van der Waals surface area contributed by atoms with Crippen molar-refractivity contribution in [2.75, 3.05) is 32.0 Å². The molecule has 0 spiro atoms. The summed E-state index contributed by atoms with van der Waals surface area (Å²) in [6, 6.07) is 4.98. The van der Waals surface area contributed by atoms with Crippen LogP contribution in [0, 0.1) is 0 Å². The molecule has 2 aromatic heterocycles. The van der Waals surface area contributed by atoms with Gasteiger partial charge in [-0.3, -0.25) is 10.1 Å². The molecule has 2 heterocycles. The minimum Gasteiger partial charge on any atom is -0.493 e. The van der Waals surface area contributed by atoms with Crippen LogP contribution >= 0.6 is 11.3 Å². The molecule has 3 rings (SSSR count). The van der Waals surface area contributed by atoms with Gasteiger partial charge in [0.2, 0.25) is 11.7 Å². The topological polar surface area (TPSA) is 107 Å². The lowest BCUT2D eigenvalue weighted by molar-refractivity contribution is -0.167. The smallest absolute Gasteiger partial charge is 0.471 e. The van der Waals surface area contributed by atoms with Gasteiger partial charge in [-0.1, -0.05) is 25.2 Å². The van der Waals surface area contributed by atoms with E-state index in [-0.39, 0.29) is 17.0 Å². The van der Waals surface area contributed by atoms with Crippen molar-refractivity contribution >= 4 is 34.0 Å². The Balaban J connectivity index is 1.97. The highest BCUT2D eigenvalue weighted by Gasteiger charge is 2.39. The first-order valence-corrected chi connectivity index (χ1v) is 11.2. The molecule has 1 unspecified atom stereocenters. The molecule has 0 aliphatic heterocycles. The predicted molar refractivity (Wildman–Crippen MR) is 126 cm³/mol. The van der Waals surface area contributed by atoms with E-state index in [1.54, 1.807) is 18.2 Å². The van der Waals surface area contributed by atoms with Gasteiger partial charge in [-0.05, 0) is 18.4 Å². The molecule has 0 aliphatic rings. The number of alkyl halides is 3. The van der Waals surface area contributed by atoms with Crippen molar-refractivity contribution in [1.82, 2.24) is 15.0 Å². The summed E-state index contributed by atoms with van der Waals surface area (Å²) in [7, 11) is 4.48. The zero-order valence-corrected chi connectivity index (χ0v) is 20.4. The van der Waals surface area contributed by atoms with E-state index < -0.39 is 12.1 Å². The number of nitrogens with one attached hydrogen (secondary N) is 2. The normalized spacial score (nSPS) is 12.1. The summed E-state index contributed by atoms with van der Waals surface area (Å²) in [6.07, 6.45) is -2.82. The van der Waals surface area contributed by atoms with Crippen molar-refractivity contribution in [1.29, 1.82) is 0 Å². The molecule has 188 valence electrons. The monoisotopic (exact) mass is 511 g/mol. The Kier molecular flexibility index (Phi) is 7.99. The molecule has 2 N–H and O–H groups in total. The molecule has 0 saturated heterocycles. The van der Waals surface area contributed by atoms with Gasteiger partial charge in [0.1, 0.15) is 0 Å². The maximum Gasteiger partial charge on any atom is 0.471 e. The van der Waals surface area contributed by atoms with Crippen LogP contribution in [-0.4, -0.2) is 48.4 Å². The fourth-order valence-corrected chi connectivity index (χ4v) is 4.14. The summed E-state index contributed by atoms with van der Waals surface area (Å²) in [5.41, 5.74) is 1.53. The summed E-state index contributed by atoms with van der Waals surface area (Å²) in [6.45, 7) is 3.82. The molecular formula is C22H24F3N5O4S. The van der Waals surface area contributed by atoms with Gasteiger partial charge < -0.3 is 19.5 Å². The predicted octanol–water partition coefficient (Wildman–Crippen LogP) is 5.38. The number of hydrogen-bond acceptors (Lipinski definition) is 9. The van der Waals surface area contributed by atoms with Gasteiger partial charge >= 0.3 is 12.1 Å². The van der Waals surface area contributed by atoms with Gasteiger partial charge in [0.15, 0.2) is 16.6 Å². The van der Waals surface area contributed by atoms with Crippen LogP contribution in [0.2, 0.25) is 0 Å². The second-order valence-electron chi connectivity index (χ2n) is 7.30. The average molecular weight is 512 g/mol. The Labute approximate surface area is 203 Å². The summed E-state index contributed by atoms with van der Waals surface area (Å²) < 4.78 is 54.2. The largest absolute Gasteiger partial charge is 0.493 e. The first-order chi connectivity index (χ1) is 16.6. The number of ether oxygens (including phenoxy) is 3. The van der Waals surface area contributed by atoms with Crippen LogP contribution in [0.25, 0.3) is 10.6 Å². The first-order valence-electron chi connectivity index (χ1n) is 10.4. The molecule has 1 atom stereocenters. The Morgan fingerprint density at radius 3 is 2.31 bits per heavy atom. The van der Waals surface area contributed by atoms with Crippen LogP contribution in [0.1, 0.15) is 31.9 Å². The Morgan fingerprint density at radius 2 is 1.77 bits per heavy atom. The lowest BCUT2D eigenvalue weighted by Crippen LogP contribution is -2.29. The number of halogens is 3. The van der Waals surface area contributed by atoms with Crippen LogP contribution in [0.15, 0.2) is 24.4 Å². The van der Waals surface area contributed by atoms with E-state index in [4.69, 9.17) is 14.2 Å². The van der Waals surface area contributed by atoms with Crippen molar-refractivity contribution in [2.45, 2.75) is 32.4 Å². The number of methoxy groups -OCH3 is 3. The third-order valence-electron chi connectivity index (χ3n) is 5.02. The molecule has 1 amide bonds. The van der Waals surface area contributed by atoms with Crippen molar-refractivity contribution in [3.05, 3.63) is 30.1 Å². The second kappa shape index (κ2) is 10.8. The Bertz CT molecular complexity index is 1180. The van der Waals surface area contributed by atoms with Crippen molar-refractivity contribution in [3.63, 3.8) is 0 Å². The summed E-state index contributed by atoms with van der Waals surface area (Å²) in [4.78, 5) is 24.9. The zero-order valence-electron chi connectivity index (χ0n) is 19.6. The number of hydrogen-bond donors (Lipinski definition) is 2. The number of amides is 1. The first kappa shape index (κ1) is 26.0. The van der Waals surface area contributed by atoms with Crippen molar-refractivity contribution in [2.24, 2.45) is 0 Å². The molecular weight excluding hydrogens is 487 g/mol. The zero-order chi connectivity index (χ0) is 25.8. The second-order valence-corrected chi connectivity index (χ2v) is 8.30. The van der Waals surface area contributed by atoms with Gasteiger partial charge in [-0.25, -0.2) is 15.0 Å². The maximum atomic E-state index is 12.7. The fourth-order valence-electron chi connectivity index (χ4n) is 3.09. The van der Waals surface area contributed by atoms with E-state index in [0.29, 0.717) is 45.6 Å². The highest BCUT2D eigenvalue weighted by molar-refractivity contribution is 7.19. The molecule has 0 saturated carbocycles. The van der Waals surface area contributed by atoms with E-state index in [9.17, 15) is 18.0 Å². The quantitative estimate of drug-likeness (QED) is 0.394. The van der Waals surface area contributed by atoms with Gasteiger partial charge in [-0.2, -0.15) is 13.2 Å². The summed E-state index contributed by atoms with van der Waals surface area (Å²) in [5, 5.41) is 4.73. The number of rotatable bonds is 9. The molecule has 0 aliphatic carbocycles. The van der Waals surface area contributed by atoms with Gasteiger partial charge in [0.05, 0.1) is 37.6 Å². The lowest BCUT2D eigenvalue weighted by Gasteiger charge is -2.15. The third kappa shape index (κ3) is 5.91. The van der Waals surface area contributed by atoms with E-state index in [0.717, 1.165) is 11.3 Å². The molecule has 9 nitrogen and oxygen atoms in total. The molecule has 0 radical (unpaired) electrons. The third-order valence-corrected chi connectivity index (χ3v) is 6.03. The lowest BCUT2D eigenvalue weighted by atomic mass is 10.0. The maximum absolute atomic E-state index is 12.7. The molecule has 13 heteroatoms. The number of anilines is 3. The van der Waals surface area contributed by atoms with Crippen molar-refractivity contribution < 1.29 is 32.2 Å². The number of benzene rings is 1. The van der Waals surface area contributed by atoms with Gasteiger partial charge in [0.25, 0.3) is 0 Å². The average Bonchev–Trinajstić information content (AvgIpc) is 3.26. The summed E-state index contributed by atoms with van der Waals surface area (Å²) in [5.74, 6) is -0.665. The number of nitrogens with zero attached hydrogens (tertiary/aromatic N) is 3. The molecule has 0 bridgehead atoms. The van der Waals surface area contributed by atoms with Gasteiger partial charge in [-0.15, -0.1) is 0 Å². The highest BCUT2D eigenvalue weighted by atomic mass is 32.1. The molecule has 3 aromatic rings. The standard InChI is InChI=1S/C22H24F3N5O4S/c1-6-11(2)16-18(35-21(29-16)30-19(31)22(23,24)25)13-7-8-26-20(28-13)27-12-9-14(32-3)17(34-5)15(10-12)33-4/h7-11H,6H2,1-5H3,(H,26,27,28)(H,29,30,31). The van der Waals surface area contributed by atoms with Crippen LogP contribution in [0.3, 0.4) is 0 Å². The van der Waals surface area contributed by atoms with E-state index in [1.165, 1.54) is 27.5 Å². The van der Waals surface area contributed by atoms with Crippen LogP contribution in [0.4, 0.5) is 29.9 Å². The number of carbonyl (C=O) groups excluding carboxylic acids is 1. The van der Waals surface area contributed by atoms with Gasteiger partial charge in [0, 0.05) is 24.0 Å². The van der Waals surface area contributed by atoms with E-state index >= 15 is 0 Å². The number of aromatic nitrogens is 3. The minimum atomic E-state index is -5.02. The summed E-state index contributed by atoms with van der Waals surface area (Å²) >= 11 is 0.915. The van der Waals surface area contributed by atoms with Crippen LogP contribution in [0.5, 0.6) is 17.2 Å². The minimum absolute atomic E-state index is 0.0840. The molecule has 0 fully saturated rings. The fraction of sp³-hybridized carbons (Fsp3) is 0.364. The molecule has 1 aromatic carbocycles. The highest BCUT2D eigenvalue weighted by Crippen LogP contribution is 2.41. The van der Waals surface area contributed by atoms with Crippen molar-refractivity contribution in [3.8, 4) is 27.8 Å². The number of thiazole rings is 1. The van der Waals surface area contributed by atoms with Crippen LogP contribution < -0.4 is 24.8 Å². The van der Waals surface area contributed by atoms with Crippen LogP contribution in [-0.2, 0) is 4.79 Å². The van der Waals surface area contributed by atoms with E-state index in [2.05, 4.69) is 20.3 Å². The SMILES string of the molecule is CCC(C)c1nc(NC(=O)C(F)(F)F)sc1-c1ccnc(Nc2cc(OC)c(OC)c(OC)c2)n1. The Hall–Kier alpha value is -3.61. The Morgan fingerprint density at radius 1 is 1.11 bits per heavy atom.